The van der Waals surface area contributed by atoms with E-state index in [9.17, 15) is 13.2 Å². The molecule has 0 bridgehead atoms. The smallest absolute Gasteiger partial charge is 0.175 e. The van der Waals surface area contributed by atoms with Crippen LogP contribution >= 0.6 is 0 Å². The number of unbranched alkanes of at least 4 members (excludes halogenated alkanes) is 2. The zero-order valence-corrected chi connectivity index (χ0v) is 19.8. The molecule has 33 heavy (non-hydrogen) atoms. The van der Waals surface area contributed by atoms with Gasteiger partial charge in [0, 0.05) is 0 Å². The van der Waals surface area contributed by atoms with Gasteiger partial charge in [-0.3, -0.25) is 0 Å². The van der Waals surface area contributed by atoms with Crippen molar-refractivity contribution in [2.75, 3.05) is 13.2 Å². The number of ether oxygens (including phenoxy) is 2. The Labute approximate surface area is 195 Å². The van der Waals surface area contributed by atoms with Gasteiger partial charge in [0.15, 0.2) is 23.2 Å². The summed E-state index contributed by atoms with van der Waals surface area (Å²) in [6.07, 6.45) is 13.0. The summed E-state index contributed by atoms with van der Waals surface area (Å²) in [5.74, 6) is -0.955. The predicted octanol–water partition coefficient (Wildman–Crippen LogP) is 8.42. The van der Waals surface area contributed by atoms with Crippen molar-refractivity contribution >= 4 is 16.5 Å². The van der Waals surface area contributed by atoms with E-state index in [-0.39, 0.29) is 28.7 Å². The second-order valence-electron chi connectivity index (χ2n) is 9.61. The lowest BCUT2D eigenvalue weighted by Crippen LogP contribution is -2.27. The molecule has 2 aliphatic rings. The van der Waals surface area contributed by atoms with Gasteiger partial charge in [0.2, 0.25) is 0 Å². The van der Waals surface area contributed by atoms with Gasteiger partial charge in [-0.05, 0) is 67.5 Å². The van der Waals surface area contributed by atoms with E-state index in [2.05, 4.69) is 6.92 Å². The van der Waals surface area contributed by atoms with Gasteiger partial charge in [-0.1, -0.05) is 51.5 Å². The standard InChI is InChI=1S/C28H35F3O2/c1-3-5-6-7-18-8-10-19(11-9-18)21-13-14-23(33-17-21)22-16-20-12-15-24(32-4-2)27(30)25(20)28(31)26(22)29/h12,14-16,18-19,21H,3-11,13,17H2,1-2H3. The van der Waals surface area contributed by atoms with Crippen molar-refractivity contribution in [2.45, 2.75) is 71.6 Å². The highest BCUT2D eigenvalue weighted by atomic mass is 19.2. The molecule has 0 N–H and O–H groups in total. The maximum Gasteiger partial charge on any atom is 0.175 e. The molecule has 0 spiro atoms. The highest BCUT2D eigenvalue weighted by molar-refractivity contribution is 5.88. The Morgan fingerprint density at radius 2 is 1.73 bits per heavy atom. The highest BCUT2D eigenvalue weighted by Crippen LogP contribution is 2.41. The number of hydrogen-bond donors (Lipinski definition) is 0. The molecule has 2 aromatic carbocycles. The Balaban J connectivity index is 1.45. The lowest BCUT2D eigenvalue weighted by atomic mass is 9.73. The second kappa shape index (κ2) is 10.8. The largest absolute Gasteiger partial charge is 0.493 e. The maximum atomic E-state index is 14.9. The van der Waals surface area contributed by atoms with Crippen LogP contribution in [0.4, 0.5) is 13.2 Å². The Bertz CT molecular complexity index is 993. The van der Waals surface area contributed by atoms with Crippen LogP contribution in [-0.4, -0.2) is 13.2 Å². The average molecular weight is 461 g/mol. The van der Waals surface area contributed by atoms with Crippen molar-refractivity contribution in [3.8, 4) is 5.75 Å². The number of rotatable bonds is 8. The van der Waals surface area contributed by atoms with Crippen molar-refractivity contribution < 1.29 is 22.6 Å². The summed E-state index contributed by atoms with van der Waals surface area (Å²) >= 11 is 0. The second-order valence-corrected chi connectivity index (χ2v) is 9.61. The van der Waals surface area contributed by atoms with Crippen LogP contribution in [0.5, 0.6) is 5.75 Å². The SMILES string of the molecule is CCCCCC1CCC(C2CC=C(c3cc4ccc(OCC)c(F)c4c(F)c3F)OC2)CC1. The van der Waals surface area contributed by atoms with E-state index < -0.39 is 17.5 Å². The minimum atomic E-state index is -1.20. The number of hydrogen-bond acceptors (Lipinski definition) is 2. The molecule has 1 unspecified atom stereocenters. The first-order chi connectivity index (χ1) is 16.0. The molecule has 0 amide bonds. The predicted molar refractivity (Wildman–Crippen MR) is 127 cm³/mol. The fourth-order valence-electron chi connectivity index (χ4n) is 5.54. The lowest BCUT2D eigenvalue weighted by Gasteiger charge is -2.35. The summed E-state index contributed by atoms with van der Waals surface area (Å²) in [5, 5.41) is -0.0925. The molecule has 1 atom stereocenters. The van der Waals surface area contributed by atoms with Gasteiger partial charge in [-0.2, -0.15) is 0 Å². The molecule has 2 aromatic rings. The summed E-state index contributed by atoms with van der Waals surface area (Å²) in [4.78, 5) is 0. The number of benzene rings is 2. The van der Waals surface area contributed by atoms with E-state index in [4.69, 9.17) is 9.47 Å². The Morgan fingerprint density at radius 1 is 0.939 bits per heavy atom. The van der Waals surface area contributed by atoms with Crippen molar-refractivity contribution in [1.82, 2.24) is 0 Å². The van der Waals surface area contributed by atoms with Crippen molar-refractivity contribution in [3.63, 3.8) is 0 Å². The van der Waals surface area contributed by atoms with Crippen LogP contribution in [0.1, 0.15) is 77.2 Å². The van der Waals surface area contributed by atoms with E-state index in [1.807, 2.05) is 6.08 Å². The van der Waals surface area contributed by atoms with Crippen molar-refractivity contribution in [3.05, 3.63) is 47.3 Å². The Morgan fingerprint density at radius 3 is 2.39 bits per heavy atom. The molecule has 0 radical (unpaired) electrons. The van der Waals surface area contributed by atoms with E-state index in [0.29, 0.717) is 24.2 Å². The molecule has 1 aliphatic heterocycles. The third kappa shape index (κ3) is 5.17. The van der Waals surface area contributed by atoms with Gasteiger partial charge in [0.1, 0.15) is 5.76 Å². The van der Waals surface area contributed by atoms with Gasteiger partial charge in [-0.25, -0.2) is 13.2 Å². The number of fused-ring (bicyclic) bond motifs is 1. The molecule has 0 aromatic heterocycles. The number of halogens is 3. The minimum Gasteiger partial charge on any atom is -0.493 e. The molecule has 180 valence electrons. The molecule has 2 nitrogen and oxygen atoms in total. The molecular weight excluding hydrogens is 425 g/mol. The average Bonchev–Trinajstić information content (AvgIpc) is 2.84. The first kappa shape index (κ1) is 24.0. The van der Waals surface area contributed by atoms with Crippen LogP contribution in [0.2, 0.25) is 0 Å². The third-order valence-electron chi connectivity index (χ3n) is 7.49. The van der Waals surface area contributed by atoms with Crippen LogP contribution < -0.4 is 4.74 Å². The fourth-order valence-corrected chi connectivity index (χ4v) is 5.54. The molecule has 5 heteroatoms. The molecule has 4 rings (SSSR count). The monoisotopic (exact) mass is 460 g/mol. The zero-order valence-electron chi connectivity index (χ0n) is 19.8. The van der Waals surface area contributed by atoms with Crippen LogP contribution in [0.25, 0.3) is 16.5 Å². The van der Waals surface area contributed by atoms with Gasteiger partial charge < -0.3 is 9.47 Å². The number of allylic oxidation sites excluding steroid dienone is 1. The summed E-state index contributed by atoms with van der Waals surface area (Å²) < 4.78 is 55.6. The summed E-state index contributed by atoms with van der Waals surface area (Å²) in [7, 11) is 0. The first-order valence-electron chi connectivity index (χ1n) is 12.6. The summed E-state index contributed by atoms with van der Waals surface area (Å²) in [6.45, 7) is 4.72. The van der Waals surface area contributed by atoms with Crippen LogP contribution in [0.3, 0.4) is 0 Å². The highest BCUT2D eigenvalue weighted by Gasteiger charge is 2.30. The van der Waals surface area contributed by atoms with Crippen molar-refractivity contribution in [1.29, 1.82) is 0 Å². The van der Waals surface area contributed by atoms with Gasteiger partial charge in [0.25, 0.3) is 0 Å². The van der Waals surface area contributed by atoms with Crippen LogP contribution in [0.15, 0.2) is 24.3 Å². The maximum absolute atomic E-state index is 14.9. The van der Waals surface area contributed by atoms with Crippen LogP contribution in [-0.2, 0) is 4.74 Å². The van der Waals surface area contributed by atoms with Crippen LogP contribution in [0, 0.1) is 35.2 Å². The Hall–Kier alpha value is -2.17. The third-order valence-corrected chi connectivity index (χ3v) is 7.49. The Kier molecular flexibility index (Phi) is 7.87. The van der Waals surface area contributed by atoms with E-state index in [1.165, 1.54) is 63.5 Å². The molecule has 1 heterocycles. The normalized spacial score (nSPS) is 23.3. The van der Waals surface area contributed by atoms with Crippen molar-refractivity contribution in [2.24, 2.45) is 17.8 Å². The lowest BCUT2D eigenvalue weighted by molar-refractivity contribution is 0.116. The zero-order chi connectivity index (χ0) is 23.4. The fraction of sp³-hybridized carbons (Fsp3) is 0.571. The quantitative estimate of drug-likeness (QED) is 0.368. The van der Waals surface area contributed by atoms with Gasteiger partial charge in [0.05, 0.1) is 24.2 Å². The molecule has 1 fully saturated rings. The summed E-state index contributed by atoms with van der Waals surface area (Å²) in [6, 6.07) is 4.48. The molecule has 1 aliphatic carbocycles. The molecular formula is C28H35F3O2. The van der Waals surface area contributed by atoms with Gasteiger partial charge >= 0.3 is 0 Å². The van der Waals surface area contributed by atoms with E-state index in [0.717, 1.165) is 12.3 Å². The molecule has 1 saturated carbocycles. The minimum absolute atomic E-state index is 0.0571. The van der Waals surface area contributed by atoms with Gasteiger partial charge in [-0.15, -0.1) is 0 Å². The molecule has 0 saturated heterocycles. The summed E-state index contributed by atoms with van der Waals surface area (Å²) in [5.41, 5.74) is 0.0571. The first-order valence-corrected chi connectivity index (χ1v) is 12.6. The topological polar surface area (TPSA) is 18.5 Å². The van der Waals surface area contributed by atoms with E-state index in [1.54, 1.807) is 13.0 Å². The van der Waals surface area contributed by atoms with E-state index >= 15 is 0 Å².